The molecule has 1 aromatic heterocycles. The molecule has 1 aliphatic rings. The lowest BCUT2D eigenvalue weighted by Gasteiger charge is -2.12. The molecule has 0 radical (unpaired) electrons. The number of halogens is 2. The molecule has 1 heterocycles. The quantitative estimate of drug-likeness (QED) is 0.857. The molecule has 0 bridgehead atoms. The highest BCUT2D eigenvalue weighted by molar-refractivity contribution is 5.85. The lowest BCUT2D eigenvalue weighted by molar-refractivity contribution is 0.686. The van der Waals surface area contributed by atoms with E-state index in [1.54, 1.807) is 12.4 Å². The van der Waals surface area contributed by atoms with Crippen molar-refractivity contribution in [2.45, 2.75) is 38.3 Å². The Bertz CT molecular complexity index is 304. The van der Waals surface area contributed by atoms with E-state index in [4.69, 9.17) is 5.73 Å². The number of aryl methyl sites for hydroxylation is 1. The number of nitrogens with one attached hydrogen (secondary N) is 1. The van der Waals surface area contributed by atoms with Crippen molar-refractivity contribution in [3.63, 3.8) is 0 Å². The monoisotopic (exact) mass is 264 g/mol. The first-order chi connectivity index (χ1) is 6.74. The van der Waals surface area contributed by atoms with Gasteiger partial charge in [0.25, 0.3) is 0 Å². The Labute approximate surface area is 108 Å². The van der Waals surface area contributed by atoms with Gasteiger partial charge in [0.15, 0.2) is 0 Å². The molecule has 0 aromatic carbocycles. The smallest absolute Gasteiger partial charge is 0.144 e. The maximum atomic E-state index is 5.83. The SMILES string of the molecule is Cc1cnc(N[C@H]2CC[C@H](N)C2)cn1.Cl.Cl. The van der Waals surface area contributed by atoms with E-state index in [1.807, 2.05) is 6.92 Å². The van der Waals surface area contributed by atoms with Gasteiger partial charge < -0.3 is 11.1 Å². The van der Waals surface area contributed by atoms with Crippen LogP contribution in [0.3, 0.4) is 0 Å². The van der Waals surface area contributed by atoms with E-state index in [0.29, 0.717) is 12.1 Å². The Morgan fingerprint density at radius 2 is 2.00 bits per heavy atom. The second-order valence-corrected chi connectivity index (χ2v) is 3.96. The maximum absolute atomic E-state index is 5.83. The van der Waals surface area contributed by atoms with Crippen LogP contribution in [0, 0.1) is 6.92 Å². The molecular formula is C10H18Cl2N4. The van der Waals surface area contributed by atoms with Gasteiger partial charge in [-0.3, -0.25) is 4.98 Å². The van der Waals surface area contributed by atoms with Gasteiger partial charge in [-0.25, -0.2) is 4.98 Å². The minimum Gasteiger partial charge on any atom is -0.366 e. The molecule has 3 N–H and O–H groups in total. The van der Waals surface area contributed by atoms with E-state index >= 15 is 0 Å². The van der Waals surface area contributed by atoms with Crippen LogP contribution in [0.4, 0.5) is 5.82 Å². The molecule has 1 fully saturated rings. The van der Waals surface area contributed by atoms with Crippen molar-refractivity contribution < 1.29 is 0 Å². The van der Waals surface area contributed by atoms with Crippen molar-refractivity contribution in [1.82, 2.24) is 9.97 Å². The summed E-state index contributed by atoms with van der Waals surface area (Å²) >= 11 is 0. The molecule has 1 aliphatic carbocycles. The molecule has 0 saturated heterocycles. The zero-order valence-electron chi connectivity index (χ0n) is 9.22. The molecule has 4 nitrogen and oxygen atoms in total. The zero-order valence-corrected chi connectivity index (χ0v) is 10.9. The second-order valence-electron chi connectivity index (χ2n) is 3.96. The van der Waals surface area contributed by atoms with E-state index in [0.717, 1.165) is 30.8 Å². The Hall–Kier alpha value is -0.580. The van der Waals surface area contributed by atoms with Crippen molar-refractivity contribution >= 4 is 30.6 Å². The van der Waals surface area contributed by atoms with Crippen molar-refractivity contribution in [3.05, 3.63) is 18.1 Å². The average molecular weight is 265 g/mol. The van der Waals surface area contributed by atoms with Crippen LogP contribution in [0.15, 0.2) is 12.4 Å². The molecule has 2 atom stereocenters. The van der Waals surface area contributed by atoms with Crippen LogP contribution < -0.4 is 11.1 Å². The first kappa shape index (κ1) is 15.4. The molecule has 92 valence electrons. The summed E-state index contributed by atoms with van der Waals surface area (Å²) in [5.41, 5.74) is 6.77. The Morgan fingerprint density at radius 3 is 2.50 bits per heavy atom. The third kappa shape index (κ3) is 4.12. The first-order valence-electron chi connectivity index (χ1n) is 5.05. The van der Waals surface area contributed by atoms with Crippen LogP contribution in [0.2, 0.25) is 0 Å². The highest BCUT2D eigenvalue weighted by atomic mass is 35.5. The summed E-state index contributed by atoms with van der Waals surface area (Å²) in [6.45, 7) is 1.93. The molecule has 1 aromatic rings. The van der Waals surface area contributed by atoms with Gasteiger partial charge in [-0.05, 0) is 26.2 Å². The normalized spacial score (nSPS) is 23.1. The summed E-state index contributed by atoms with van der Waals surface area (Å²) < 4.78 is 0. The fourth-order valence-corrected chi connectivity index (χ4v) is 1.82. The summed E-state index contributed by atoms with van der Waals surface area (Å²) in [5, 5.41) is 3.34. The topological polar surface area (TPSA) is 63.8 Å². The molecular weight excluding hydrogens is 247 g/mol. The highest BCUT2D eigenvalue weighted by Crippen LogP contribution is 2.20. The third-order valence-corrected chi connectivity index (χ3v) is 2.61. The summed E-state index contributed by atoms with van der Waals surface area (Å²) in [5.74, 6) is 0.856. The Morgan fingerprint density at radius 1 is 1.25 bits per heavy atom. The summed E-state index contributed by atoms with van der Waals surface area (Å²) in [6.07, 6.45) is 6.83. The highest BCUT2D eigenvalue weighted by Gasteiger charge is 2.21. The zero-order chi connectivity index (χ0) is 9.97. The van der Waals surface area contributed by atoms with Gasteiger partial charge in [0, 0.05) is 12.1 Å². The molecule has 2 rings (SSSR count). The largest absolute Gasteiger partial charge is 0.366 e. The number of aromatic nitrogens is 2. The number of nitrogens with zero attached hydrogens (tertiary/aromatic N) is 2. The van der Waals surface area contributed by atoms with E-state index in [2.05, 4.69) is 15.3 Å². The number of nitrogens with two attached hydrogens (primary N) is 1. The fourth-order valence-electron chi connectivity index (χ4n) is 1.82. The number of rotatable bonds is 2. The van der Waals surface area contributed by atoms with Crippen LogP contribution in [-0.2, 0) is 0 Å². The van der Waals surface area contributed by atoms with Crippen molar-refractivity contribution in [2.75, 3.05) is 5.32 Å². The van der Waals surface area contributed by atoms with E-state index in [9.17, 15) is 0 Å². The third-order valence-electron chi connectivity index (χ3n) is 2.61. The average Bonchev–Trinajstić information content (AvgIpc) is 2.56. The van der Waals surface area contributed by atoms with Gasteiger partial charge in [0.05, 0.1) is 18.1 Å². The van der Waals surface area contributed by atoms with Crippen molar-refractivity contribution in [1.29, 1.82) is 0 Å². The van der Waals surface area contributed by atoms with E-state index in [-0.39, 0.29) is 24.8 Å². The predicted octanol–water partition coefficient (Wildman–Crippen LogP) is 1.92. The van der Waals surface area contributed by atoms with Gasteiger partial charge in [-0.15, -0.1) is 24.8 Å². The molecule has 0 aliphatic heterocycles. The predicted molar refractivity (Wildman–Crippen MR) is 70.5 cm³/mol. The van der Waals surface area contributed by atoms with Crippen LogP contribution in [0.5, 0.6) is 0 Å². The fraction of sp³-hybridized carbons (Fsp3) is 0.600. The number of hydrogen-bond donors (Lipinski definition) is 2. The second kappa shape index (κ2) is 6.89. The molecule has 16 heavy (non-hydrogen) atoms. The van der Waals surface area contributed by atoms with Gasteiger partial charge in [0.1, 0.15) is 5.82 Å². The standard InChI is InChI=1S/C10H16N4.2ClH/c1-7-5-13-10(6-12-7)14-9-3-2-8(11)4-9;;/h5-6,8-9H,2-4,11H2,1H3,(H,13,14);2*1H/t8-,9-;;/m0../s1. The van der Waals surface area contributed by atoms with Crippen LogP contribution in [0.25, 0.3) is 0 Å². The van der Waals surface area contributed by atoms with Crippen LogP contribution >= 0.6 is 24.8 Å². The van der Waals surface area contributed by atoms with Crippen molar-refractivity contribution in [3.8, 4) is 0 Å². The summed E-state index contributed by atoms with van der Waals surface area (Å²) in [7, 11) is 0. The minimum absolute atomic E-state index is 0. The molecule has 0 amide bonds. The maximum Gasteiger partial charge on any atom is 0.144 e. The van der Waals surface area contributed by atoms with Crippen LogP contribution in [-0.4, -0.2) is 22.1 Å². The van der Waals surface area contributed by atoms with Crippen LogP contribution in [0.1, 0.15) is 25.0 Å². The summed E-state index contributed by atoms with van der Waals surface area (Å²) in [4.78, 5) is 8.44. The van der Waals surface area contributed by atoms with Gasteiger partial charge in [-0.2, -0.15) is 0 Å². The molecule has 1 saturated carbocycles. The van der Waals surface area contributed by atoms with Gasteiger partial charge in [0.2, 0.25) is 0 Å². The van der Waals surface area contributed by atoms with Crippen molar-refractivity contribution in [2.24, 2.45) is 5.73 Å². The Balaban J connectivity index is 0.00000112. The Kier molecular flexibility index (Phi) is 6.64. The lowest BCUT2D eigenvalue weighted by Crippen LogP contribution is -2.21. The molecule has 6 heteroatoms. The first-order valence-corrected chi connectivity index (χ1v) is 5.05. The molecule has 0 spiro atoms. The molecule has 0 unspecified atom stereocenters. The summed E-state index contributed by atoms with van der Waals surface area (Å²) in [6, 6.07) is 0.827. The number of hydrogen-bond acceptors (Lipinski definition) is 4. The van der Waals surface area contributed by atoms with E-state index < -0.39 is 0 Å². The van der Waals surface area contributed by atoms with Gasteiger partial charge in [-0.1, -0.05) is 0 Å². The van der Waals surface area contributed by atoms with E-state index in [1.165, 1.54) is 0 Å². The number of anilines is 1. The minimum atomic E-state index is 0. The van der Waals surface area contributed by atoms with Gasteiger partial charge >= 0.3 is 0 Å². The lowest BCUT2D eigenvalue weighted by atomic mass is 10.2.